The van der Waals surface area contributed by atoms with E-state index in [9.17, 15) is 4.79 Å². The number of hydrogen-bond donors (Lipinski definition) is 1. The van der Waals surface area contributed by atoms with Crippen molar-refractivity contribution in [1.29, 1.82) is 0 Å². The van der Waals surface area contributed by atoms with Crippen molar-refractivity contribution < 1.29 is 4.79 Å². The predicted octanol–water partition coefficient (Wildman–Crippen LogP) is 2.39. The highest BCUT2D eigenvalue weighted by Crippen LogP contribution is 2.16. The van der Waals surface area contributed by atoms with Crippen molar-refractivity contribution in [2.45, 2.75) is 45.4 Å². The van der Waals surface area contributed by atoms with Gasteiger partial charge < -0.3 is 10.2 Å². The van der Waals surface area contributed by atoms with E-state index in [2.05, 4.69) is 27.3 Å². The number of anilines is 1. The van der Waals surface area contributed by atoms with E-state index in [1.54, 1.807) is 6.07 Å². The van der Waals surface area contributed by atoms with Crippen LogP contribution in [0.2, 0.25) is 0 Å². The minimum Gasteiger partial charge on any atom is -0.355 e. The van der Waals surface area contributed by atoms with Crippen molar-refractivity contribution in [1.82, 2.24) is 15.5 Å². The largest absolute Gasteiger partial charge is 0.355 e. The summed E-state index contributed by atoms with van der Waals surface area (Å²) in [6.07, 6.45) is 7.07. The van der Waals surface area contributed by atoms with Crippen LogP contribution in [0.25, 0.3) is 0 Å². The van der Waals surface area contributed by atoms with Gasteiger partial charge in [0.1, 0.15) is 0 Å². The smallest absolute Gasteiger partial charge is 0.271 e. The molecule has 0 aliphatic carbocycles. The van der Waals surface area contributed by atoms with E-state index in [1.165, 1.54) is 25.7 Å². The molecule has 1 fully saturated rings. The zero-order valence-electron chi connectivity index (χ0n) is 12.3. The van der Waals surface area contributed by atoms with Gasteiger partial charge in [0.2, 0.25) is 0 Å². The first kappa shape index (κ1) is 14.8. The fourth-order valence-electron chi connectivity index (χ4n) is 2.38. The fourth-order valence-corrected chi connectivity index (χ4v) is 2.38. The Morgan fingerprint density at radius 2 is 1.95 bits per heavy atom. The van der Waals surface area contributed by atoms with Crippen LogP contribution >= 0.6 is 0 Å². The zero-order chi connectivity index (χ0) is 14.2. The van der Waals surface area contributed by atoms with Crippen molar-refractivity contribution in [3.63, 3.8) is 0 Å². The summed E-state index contributed by atoms with van der Waals surface area (Å²) in [5, 5.41) is 11.1. The summed E-state index contributed by atoms with van der Waals surface area (Å²) in [6.45, 7) is 4.88. The minimum absolute atomic E-state index is 0.131. The average molecular weight is 276 g/mol. The van der Waals surface area contributed by atoms with Crippen molar-refractivity contribution >= 4 is 11.7 Å². The van der Waals surface area contributed by atoms with Crippen LogP contribution in [-0.2, 0) is 0 Å². The molecule has 0 spiro atoms. The van der Waals surface area contributed by atoms with Crippen molar-refractivity contribution in [2.75, 3.05) is 24.5 Å². The van der Waals surface area contributed by atoms with Gasteiger partial charge in [-0.15, -0.1) is 10.2 Å². The van der Waals surface area contributed by atoms with Crippen LogP contribution < -0.4 is 10.2 Å². The van der Waals surface area contributed by atoms with Crippen LogP contribution in [0.15, 0.2) is 12.1 Å². The van der Waals surface area contributed by atoms with Crippen LogP contribution in [0.1, 0.15) is 55.9 Å². The highest BCUT2D eigenvalue weighted by molar-refractivity contribution is 5.92. The Hall–Kier alpha value is -1.65. The van der Waals surface area contributed by atoms with Gasteiger partial charge in [-0.2, -0.15) is 0 Å². The molecule has 1 aromatic rings. The van der Waals surface area contributed by atoms with Gasteiger partial charge in [0.25, 0.3) is 5.91 Å². The lowest BCUT2D eigenvalue weighted by Crippen LogP contribution is -2.27. The molecule has 0 aromatic carbocycles. The van der Waals surface area contributed by atoms with Crippen LogP contribution in [-0.4, -0.2) is 35.7 Å². The topological polar surface area (TPSA) is 58.1 Å². The van der Waals surface area contributed by atoms with Crippen molar-refractivity contribution in [3.05, 3.63) is 17.8 Å². The lowest BCUT2D eigenvalue weighted by atomic mass is 10.2. The summed E-state index contributed by atoms with van der Waals surface area (Å²) >= 11 is 0. The Kier molecular flexibility index (Phi) is 5.77. The SMILES string of the molecule is CCCCNC(=O)c1ccc(N2CCCCCC2)nn1. The Labute approximate surface area is 120 Å². The minimum atomic E-state index is -0.131. The first-order valence-electron chi connectivity index (χ1n) is 7.68. The van der Waals surface area contributed by atoms with E-state index in [1.807, 2.05) is 6.07 Å². The monoisotopic (exact) mass is 276 g/mol. The standard InChI is InChI=1S/C15H24N4O/c1-2-3-10-16-15(20)13-8-9-14(18-17-13)19-11-6-4-5-7-12-19/h8-9H,2-7,10-12H2,1H3,(H,16,20). The molecule has 1 aliphatic rings. The molecule has 1 aliphatic heterocycles. The van der Waals surface area contributed by atoms with E-state index in [4.69, 9.17) is 0 Å². The molecule has 1 saturated heterocycles. The zero-order valence-corrected chi connectivity index (χ0v) is 12.3. The van der Waals surface area contributed by atoms with E-state index in [-0.39, 0.29) is 5.91 Å². The van der Waals surface area contributed by atoms with Gasteiger partial charge in [-0.05, 0) is 31.4 Å². The van der Waals surface area contributed by atoms with Crippen LogP contribution in [0, 0.1) is 0 Å². The lowest BCUT2D eigenvalue weighted by Gasteiger charge is -2.20. The Bertz CT molecular complexity index is 410. The molecule has 0 atom stereocenters. The molecule has 1 aromatic heterocycles. The van der Waals surface area contributed by atoms with Crippen molar-refractivity contribution in [2.24, 2.45) is 0 Å². The second-order valence-corrected chi connectivity index (χ2v) is 5.29. The maximum absolute atomic E-state index is 11.8. The molecule has 1 N–H and O–H groups in total. The second-order valence-electron chi connectivity index (χ2n) is 5.29. The molecule has 2 heterocycles. The molecule has 20 heavy (non-hydrogen) atoms. The number of nitrogens with one attached hydrogen (secondary N) is 1. The lowest BCUT2D eigenvalue weighted by molar-refractivity contribution is 0.0947. The first-order chi connectivity index (χ1) is 9.81. The van der Waals surface area contributed by atoms with E-state index >= 15 is 0 Å². The second kappa shape index (κ2) is 7.82. The molecule has 2 rings (SSSR count). The first-order valence-corrected chi connectivity index (χ1v) is 7.68. The third-order valence-electron chi connectivity index (χ3n) is 3.63. The molecule has 1 amide bonds. The van der Waals surface area contributed by atoms with Gasteiger partial charge in [-0.25, -0.2) is 0 Å². The van der Waals surface area contributed by atoms with Gasteiger partial charge in [-0.1, -0.05) is 26.2 Å². The average Bonchev–Trinajstić information content (AvgIpc) is 2.77. The number of carbonyl (C=O) groups is 1. The summed E-state index contributed by atoms with van der Waals surface area (Å²) in [7, 11) is 0. The van der Waals surface area contributed by atoms with E-state index in [0.717, 1.165) is 31.7 Å². The van der Waals surface area contributed by atoms with Gasteiger partial charge >= 0.3 is 0 Å². The highest BCUT2D eigenvalue weighted by Gasteiger charge is 2.13. The third kappa shape index (κ3) is 4.18. The third-order valence-corrected chi connectivity index (χ3v) is 3.63. The molecule has 110 valence electrons. The van der Waals surface area contributed by atoms with Crippen LogP contribution in [0.3, 0.4) is 0 Å². The van der Waals surface area contributed by atoms with E-state index < -0.39 is 0 Å². The maximum atomic E-state index is 11.8. The van der Waals surface area contributed by atoms with Crippen molar-refractivity contribution in [3.8, 4) is 0 Å². The summed E-state index contributed by atoms with van der Waals surface area (Å²) in [5.74, 6) is 0.755. The van der Waals surface area contributed by atoms with Gasteiger partial charge in [0.05, 0.1) is 0 Å². The number of nitrogens with zero attached hydrogens (tertiary/aromatic N) is 3. The molecule has 0 bridgehead atoms. The molecule has 5 heteroatoms. The Balaban J connectivity index is 1.93. The molecule has 0 radical (unpaired) electrons. The number of rotatable bonds is 5. The number of carbonyl (C=O) groups excluding carboxylic acids is 1. The van der Waals surface area contributed by atoms with Gasteiger partial charge in [-0.3, -0.25) is 4.79 Å². The summed E-state index contributed by atoms with van der Waals surface area (Å²) in [4.78, 5) is 14.1. The number of amides is 1. The fraction of sp³-hybridized carbons (Fsp3) is 0.667. The number of hydrogen-bond acceptors (Lipinski definition) is 4. The molecular weight excluding hydrogens is 252 g/mol. The summed E-state index contributed by atoms with van der Waals surface area (Å²) in [6, 6.07) is 3.68. The van der Waals surface area contributed by atoms with E-state index in [0.29, 0.717) is 12.2 Å². The normalized spacial score (nSPS) is 15.8. The molecule has 0 saturated carbocycles. The quantitative estimate of drug-likeness (QED) is 0.839. The molecule has 0 unspecified atom stereocenters. The molecular formula is C15H24N4O. The molecule has 5 nitrogen and oxygen atoms in total. The predicted molar refractivity (Wildman–Crippen MR) is 80.0 cm³/mol. The Morgan fingerprint density at radius 3 is 2.55 bits per heavy atom. The highest BCUT2D eigenvalue weighted by atomic mass is 16.1. The van der Waals surface area contributed by atoms with Crippen LogP contribution in [0.4, 0.5) is 5.82 Å². The number of aromatic nitrogens is 2. The summed E-state index contributed by atoms with van der Waals surface area (Å²) < 4.78 is 0. The summed E-state index contributed by atoms with van der Waals surface area (Å²) in [5.41, 5.74) is 0.402. The van der Waals surface area contributed by atoms with Gasteiger partial charge in [0.15, 0.2) is 11.5 Å². The van der Waals surface area contributed by atoms with Gasteiger partial charge in [0, 0.05) is 19.6 Å². The van der Waals surface area contributed by atoms with Crippen LogP contribution in [0.5, 0.6) is 0 Å². The number of unbranched alkanes of at least 4 members (excludes halogenated alkanes) is 1. The maximum Gasteiger partial charge on any atom is 0.271 e. The Morgan fingerprint density at radius 1 is 1.20 bits per heavy atom.